The van der Waals surface area contributed by atoms with E-state index in [9.17, 15) is 43.2 Å². The number of aliphatic hydroxyl groups is 1. The number of hydrogen-bond acceptors (Lipinski definition) is 15. The number of hydrogen-bond donors (Lipinski definition) is 3. The number of phosphoric ester groups is 2. The van der Waals surface area contributed by atoms with E-state index >= 15 is 0 Å². The van der Waals surface area contributed by atoms with Gasteiger partial charge in [0.05, 0.1) is 26.4 Å². The van der Waals surface area contributed by atoms with Crippen LogP contribution in [0.1, 0.15) is 394 Å². The Labute approximate surface area is 575 Å². The monoisotopic (exact) mass is 1380 g/mol. The second kappa shape index (κ2) is 68.2. The Morgan fingerprint density at radius 1 is 0.287 bits per heavy atom. The minimum atomic E-state index is -4.95. The zero-order chi connectivity index (χ0) is 69.1. The van der Waals surface area contributed by atoms with Gasteiger partial charge in [-0.3, -0.25) is 37.3 Å². The van der Waals surface area contributed by atoms with Crippen molar-refractivity contribution in [1.29, 1.82) is 0 Å². The fourth-order valence-corrected chi connectivity index (χ4v) is 13.1. The number of phosphoric acid groups is 2. The molecule has 0 aromatic carbocycles. The molecule has 0 bridgehead atoms. The van der Waals surface area contributed by atoms with Gasteiger partial charge in [-0.1, -0.05) is 343 Å². The first kappa shape index (κ1) is 92.1. The second-order valence-corrected chi connectivity index (χ2v) is 30.4. The Hall–Kier alpha value is -1.94. The van der Waals surface area contributed by atoms with Crippen molar-refractivity contribution in [2.45, 2.75) is 412 Å². The van der Waals surface area contributed by atoms with Gasteiger partial charge >= 0.3 is 39.5 Å². The van der Waals surface area contributed by atoms with Gasteiger partial charge in [0.2, 0.25) is 0 Å². The van der Waals surface area contributed by atoms with Crippen molar-refractivity contribution in [2.75, 3.05) is 39.6 Å². The molecule has 0 aliphatic carbocycles. The van der Waals surface area contributed by atoms with Crippen LogP contribution in [0.5, 0.6) is 0 Å². The van der Waals surface area contributed by atoms with Gasteiger partial charge in [0.25, 0.3) is 0 Å². The van der Waals surface area contributed by atoms with Crippen LogP contribution in [0.2, 0.25) is 0 Å². The van der Waals surface area contributed by atoms with E-state index in [1.165, 1.54) is 218 Å². The summed E-state index contributed by atoms with van der Waals surface area (Å²) in [5, 5.41) is 10.6. The summed E-state index contributed by atoms with van der Waals surface area (Å²) >= 11 is 0. The Bertz CT molecular complexity index is 1810. The minimum absolute atomic E-state index is 0.106. The molecule has 0 rings (SSSR count). The smallest absolute Gasteiger partial charge is 0.462 e. The fraction of sp³-hybridized carbons (Fsp3) is 0.947. The molecule has 0 aliphatic rings. The number of aliphatic hydroxyl groups excluding tert-OH is 1. The molecule has 558 valence electrons. The van der Waals surface area contributed by atoms with Gasteiger partial charge in [0.15, 0.2) is 12.2 Å². The molecular formula is C75H146O17P2. The van der Waals surface area contributed by atoms with Crippen LogP contribution in [0.25, 0.3) is 0 Å². The molecule has 2 unspecified atom stereocenters. The summed E-state index contributed by atoms with van der Waals surface area (Å²) in [6.45, 7) is 7.25. The van der Waals surface area contributed by atoms with Crippen molar-refractivity contribution in [3.05, 3.63) is 0 Å². The van der Waals surface area contributed by atoms with Gasteiger partial charge < -0.3 is 33.8 Å². The van der Waals surface area contributed by atoms with Crippen LogP contribution in [0.4, 0.5) is 0 Å². The average molecular weight is 1380 g/mol. The first-order valence-corrected chi connectivity index (χ1v) is 42.1. The highest BCUT2D eigenvalue weighted by atomic mass is 31.2. The van der Waals surface area contributed by atoms with Crippen LogP contribution >= 0.6 is 15.6 Å². The fourth-order valence-electron chi connectivity index (χ4n) is 11.5. The van der Waals surface area contributed by atoms with Crippen molar-refractivity contribution in [3.63, 3.8) is 0 Å². The van der Waals surface area contributed by atoms with Crippen LogP contribution in [-0.2, 0) is 65.4 Å². The van der Waals surface area contributed by atoms with Gasteiger partial charge in [0, 0.05) is 25.7 Å². The summed E-state index contributed by atoms with van der Waals surface area (Å²) in [5.41, 5.74) is 0. The molecule has 3 N–H and O–H groups in total. The molecule has 0 aliphatic heterocycles. The van der Waals surface area contributed by atoms with E-state index in [2.05, 4.69) is 34.6 Å². The summed E-state index contributed by atoms with van der Waals surface area (Å²) in [6, 6.07) is 0. The first-order valence-electron chi connectivity index (χ1n) is 39.1. The normalized spacial score (nSPS) is 14.0. The number of esters is 4. The maximum absolute atomic E-state index is 13.1. The molecule has 0 radical (unpaired) electrons. The van der Waals surface area contributed by atoms with E-state index in [1.807, 2.05) is 0 Å². The lowest BCUT2D eigenvalue weighted by atomic mass is 10.0. The molecule has 17 nitrogen and oxygen atoms in total. The number of carbonyl (C=O) groups excluding carboxylic acids is 4. The predicted octanol–water partition coefficient (Wildman–Crippen LogP) is 22.1. The third kappa shape index (κ3) is 68.6. The molecule has 0 spiro atoms. The molecule has 0 saturated heterocycles. The summed E-state index contributed by atoms with van der Waals surface area (Å²) in [5.74, 6) is -1.35. The molecule has 5 atom stereocenters. The number of rotatable bonds is 75. The zero-order valence-corrected chi connectivity index (χ0v) is 62.9. The molecule has 0 saturated carbocycles. The van der Waals surface area contributed by atoms with Crippen LogP contribution in [0, 0.1) is 5.92 Å². The quantitative estimate of drug-likeness (QED) is 0.0222. The van der Waals surface area contributed by atoms with Gasteiger partial charge in [-0.15, -0.1) is 0 Å². The topological polar surface area (TPSA) is 237 Å². The highest BCUT2D eigenvalue weighted by Crippen LogP contribution is 2.45. The van der Waals surface area contributed by atoms with Crippen molar-refractivity contribution >= 4 is 39.5 Å². The predicted molar refractivity (Wildman–Crippen MR) is 382 cm³/mol. The van der Waals surface area contributed by atoms with Crippen molar-refractivity contribution in [1.82, 2.24) is 0 Å². The maximum atomic E-state index is 13.1. The number of carbonyl (C=O) groups is 4. The molecule has 94 heavy (non-hydrogen) atoms. The lowest BCUT2D eigenvalue weighted by molar-refractivity contribution is -0.161. The Kier molecular flexibility index (Phi) is 66.8. The van der Waals surface area contributed by atoms with Crippen LogP contribution < -0.4 is 0 Å². The second-order valence-electron chi connectivity index (χ2n) is 27.5. The standard InChI is InChI=1S/C75H146O17P2/c1-6-9-12-15-18-21-22-23-24-25-26-27-28-29-30-31-32-35-41-46-51-56-61-75(80)92-71(65-86-73(78)59-54-49-44-40-36-33-34-39-42-47-52-57-68(4)5)67-90-94(83,84)88-63-69(76)62-87-93(81,82)89-66-70(91-74(79)60-55-50-45-38-20-17-14-11-8-3)64-85-72(77)58-53-48-43-37-19-16-13-10-7-2/h68-71,76H,6-67H2,1-5H3,(H,81,82)(H,83,84)/t69-,70+,71+/m0/s1. The molecule has 0 aromatic heterocycles. The summed E-state index contributed by atoms with van der Waals surface area (Å²) in [7, 11) is -9.90. The Morgan fingerprint density at radius 3 is 0.723 bits per heavy atom. The maximum Gasteiger partial charge on any atom is 0.472 e. The highest BCUT2D eigenvalue weighted by Gasteiger charge is 2.30. The summed E-state index contributed by atoms with van der Waals surface area (Å²) in [4.78, 5) is 72.6. The molecular weight excluding hydrogens is 1230 g/mol. The van der Waals surface area contributed by atoms with Crippen molar-refractivity contribution < 1.29 is 80.2 Å². The highest BCUT2D eigenvalue weighted by molar-refractivity contribution is 7.47. The number of ether oxygens (including phenoxy) is 4. The van der Waals surface area contributed by atoms with Crippen LogP contribution in [0.3, 0.4) is 0 Å². The van der Waals surface area contributed by atoms with E-state index < -0.39 is 97.5 Å². The Morgan fingerprint density at radius 2 is 0.489 bits per heavy atom. The van der Waals surface area contributed by atoms with Gasteiger partial charge in [-0.2, -0.15) is 0 Å². The van der Waals surface area contributed by atoms with Gasteiger partial charge in [-0.25, -0.2) is 9.13 Å². The van der Waals surface area contributed by atoms with E-state index in [4.69, 9.17) is 37.0 Å². The van der Waals surface area contributed by atoms with Crippen molar-refractivity contribution in [3.8, 4) is 0 Å². The number of unbranched alkanes of at least 4 members (excludes halogenated alkanes) is 47. The molecule has 19 heteroatoms. The summed E-state index contributed by atoms with van der Waals surface area (Å²) < 4.78 is 68.3. The van der Waals surface area contributed by atoms with E-state index in [1.54, 1.807) is 0 Å². The third-order valence-corrected chi connectivity index (χ3v) is 19.4. The SMILES string of the molecule is CCCCCCCCCCCCCCCCCCCCCCCCC(=O)O[C@H](COC(=O)CCCCCCCCCCCCCC(C)C)COP(=O)(O)OC[C@@H](O)COP(=O)(O)OC[C@@H](COC(=O)CCCCCCCCCCC)OC(=O)CCCCCCCCCCC. The molecule has 0 heterocycles. The van der Waals surface area contributed by atoms with Crippen LogP contribution in [0.15, 0.2) is 0 Å². The molecule has 0 aromatic rings. The Balaban J connectivity index is 5.15. The lowest BCUT2D eigenvalue weighted by Crippen LogP contribution is -2.30. The first-order chi connectivity index (χ1) is 45.5. The average Bonchev–Trinajstić information content (AvgIpc) is 1.91. The zero-order valence-electron chi connectivity index (χ0n) is 61.1. The lowest BCUT2D eigenvalue weighted by Gasteiger charge is -2.21. The minimum Gasteiger partial charge on any atom is -0.462 e. The molecule has 0 amide bonds. The van der Waals surface area contributed by atoms with E-state index in [0.717, 1.165) is 95.8 Å². The summed E-state index contributed by atoms with van der Waals surface area (Å²) in [6.07, 6.45) is 57.1. The van der Waals surface area contributed by atoms with Crippen molar-refractivity contribution in [2.24, 2.45) is 5.92 Å². The molecule has 0 fully saturated rings. The van der Waals surface area contributed by atoms with Gasteiger partial charge in [-0.05, 0) is 31.6 Å². The van der Waals surface area contributed by atoms with E-state index in [0.29, 0.717) is 25.7 Å². The van der Waals surface area contributed by atoms with Gasteiger partial charge in [0.1, 0.15) is 19.3 Å². The largest absolute Gasteiger partial charge is 0.472 e. The van der Waals surface area contributed by atoms with E-state index in [-0.39, 0.29) is 25.7 Å². The third-order valence-electron chi connectivity index (χ3n) is 17.5. The van der Waals surface area contributed by atoms with Crippen LogP contribution in [-0.4, -0.2) is 96.7 Å².